The average Bonchev–Trinajstić information content (AvgIpc) is 2.65. The third kappa shape index (κ3) is 2.28. The van der Waals surface area contributed by atoms with E-state index in [1.54, 1.807) is 7.11 Å². The molecule has 0 aliphatic heterocycles. The molecule has 0 aliphatic rings. The van der Waals surface area contributed by atoms with Gasteiger partial charge in [-0.25, -0.2) is 0 Å². The van der Waals surface area contributed by atoms with Gasteiger partial charge in [-0.05, 0) is 35.1 Å². The monoisotopic (exact) mass is 309 g/mol. The van der Waals surface area contributed by atoms with Gasteiger partial charge >= 0.3 is 0 Å². The van der Waals surface area contributed by atoms with Crippen molar-refractivity contribution >= 4 is 15.9 Å². The number of para-hydroxylation sites is 1. The molecule has 1 N–H and O–H groups in total. The van der Waals surface area contributed by atoms with Crippen LogP contribution < -0.4 is 10.1 Å². The van der Waals surface area contributed by atoms with Crippen LogP contribution in [0.1, 0.15) is 5.69 Å². The summed E-state index contributed by atoms with van der Waals surface area (Å²) in [5.41, 5.74) is 3.04. The second-order valence-electron chi connectivity index (χ2n) is 3.96. The number of nitrogens with one attached hydrogen (secondary N) is 1. The predicted molar refractivity (Wildman–Crippen MR) is 75.7 cm³/mol. The second-order valence-corrected chi connectivity index (χ2v) is 4.76. The summed E-state index contributed by atoms with van der Waals surface area (Å²) in [4.78, 5) is 0. The third-order valence-electron chi connectivity index (χ3n) is 2.76. The van der Waals surface area contributed by atoms with Crippen LogP contribution in [-0.4, -0.2) is 23.9 Å². The zero-order valence-electron chi connectivity index (χ0n) is 10.7. The number of nitrogens with zero attached hydrogens (tertiary/aromatic N) is 2. The highest BCUT2D eigenvalue weighted by Gasteiger charge is 2.17. The molecular formula is C13H16BrN3O. The quantitative estimate of drug-likeness (QED) is 0.943. The molecule has 1 aromatic carbocycles. The number of ether oxygens (including phenoxy) is 1. The standard InChI is InChI=1S/C13H16BrN3O/c1-15-8-10-12(14)13(17(2)16-10)9-6-4-5-7-11(9)18-3/h4-7,15H,8H2,1-3H3. The van der Waals surface area contributed by atoms with Gasteiger partial charge in [0.2, 0.25) is 0 Å². The van der Waals surface area contributed by atoms with Gasteiger partial charge in [-0.15, -0.1) is 0 Å². The van der Waals surface area contributed by atoms with Crippen LogP contribution in [0.25, 0.3) is 11.3 Å². The van der Waals surface area contributed by atoms with E-state index in [0.29, 0.717) is 0 Å². The van der Waals surface area contributed by atoms with Gasteiger partial charge in [-0.2, -0.15) is 5.10 Å². The van der Waals surface area contributed by atoms with E-state index in [-0.39, 0.29) is 0 Å². The maximum absolute atomic E-state index is 5.40. The normalized spacial score (nSPS) is 10.7. The molecule has 5 heteroatoms. The molecule has 0 radical (unpaired) electrons. The molecule has 0 spiro atoms. The summed E-state index contributed by atoms with van der Waals surface area (Å²) >= 11 is 3.62. The van der Waals surface area contributed by atoms with Crippen molar-refractivity contribution in [2.45, 2.75) is 6.54 Å². The van der Waals surface area contributed by atoms with Crippen molar-refractivity contribution in [3.63, 3.8) is 0 Å². The summed E-state index contributed by atoms with van der Waals surface area (Å²) in [6.45, 7) is 0.726. The van der Waals surface area contributed by atoms with Crippen LogP contribution in [0.4, 0.5) is 0 Å². The van der Waals surface area contributed by atoms with Crippen molar-refractivity contribution in [2.75, 3.05) is 14.2 Å². The number of rotatable bonds is 4. The summed E-state index contributed by atoms with van der Waals surface area (Å²) in [7, 11) is 5.52. The van der Waals surface area contributed by atoms with E-state index in [2.05, 4.69) is 26.3 Å². The van der Waals surface area contributed by atoms with Crippen LogP contribution in [0, 0.1) is 0 Å². The Morgan fingerprint density at radius 3 is 2.78 bits per heavy atom. The van der Waals surface area contributed by atoms with Crippen molar-refractivity contribution in [1.82, 2.24) is 15.1 Å². The maximum atomic E-state index is 5.40. The maximum Gasteiger partial charge on any atom is 0.128 e. The molecule has 96 valence electrons. The number of methoxy groups -OCH3 is 1. The van der Waals surface area contributed by atoms with Crippen molar-refractivity contribution in [3.05, 3.63) is 34.4 Å². The first-order valence-corrected chi connectivity index (χ1v) is 6.47. The second kappa shape index (κ2) is 5.54. The van der Waals surface area contributed by atoms with E-state index in [0.717, 1.165) is 33.7 Å². The summed E-state index contributed by atoms with van der Waals surface area (Å²) in [6.07, 6.45) is 0. The van der Waals surface area contributed by atoms with Gasteiger partial charge < -0.3 is 10.1 Å². The van der Waals surface area contributed by atoms with Gasteiger partial charge in [0, 0.05) is 19.2 Å². The van der Waals surface area contributed by atoms with E-state index in [1.807, 2.05) is 43.0 Å². The highest BCUT2D eigenvalue weighted by atomic mass is 79.9. The molecule has 2 aromatic rings. The lowest BCUT2D eigenvalue weighted by molar-refractivity contribution is 0.416. The first kappa shape index (κ1) is 13.1. The number of hydrogen-bond acceptors (Lipinski definition) is 3. The molecule has 0 bridgehead atoms. The Labute approximate surface area is 115 Å². The average molecular weight is 310 g/mol. The summed E-state index contributed by atoms with van der Waals surface area (Å²) in [5, 5.41) is 7.61. The lowest BCUT2D eigenvalue weighted by Crippen LogP contribution is -2.06. The Bertz CT molecular complexity index is 551. The van der Waals surface area contributed by atoms with Crippen molar-refractivity contribution in [1.29, 1.82) is 0 Å². The third-order valence-corrected chi connectivity index (χ3v) is 3.60. The van der Waals surface area contributed by atoms with E-state index in [1.165, 1.54) is 0 Å². The fraction of sp³-hybridized carbons (Fsp3) is 0.308. The number of aryl methyl sites for hydroxylation is 1. The van der Waals surface area contributed by atoms with E-state index in [4.69, 9.17) is 4.74 Å². The van der Waals surface area contributed by atoms with E-state index < -0.39 is 0 Å². The number of halogens is 1. The molecule has 0 fully saturated rings. The van der Waals surface area contributed by atoms with Crippen molar-refractivity contribution < 1.29 is 4.74 Å². The molecule has 1 heterocycles. The molecular weight excluding hydrogens is 294 g/mol. The Kier molecular flexibility index (Phi) is 4.04. The molecule has 0 unspecified atom stereocenters. The molecule has 18 heavy (non-hydrogen) atoms. The molecule has 4 nitrogen and oxygen atoms in total. The number of hydrogen-bond donors (Lipinski definition) is 1. The molecule has 0 amide bonds. The van der Waals surface area contributed by atoms with Crippen LogP contribution in [0.15, 0.2) is 28.7 Å². The minimum Gasteiger partial charge on any atom is -0.496 e. The van der Waals surface area contributed by atoms with Gasteiger partial charge in [0.15, 0.2) is 0 Å². The Morgan fingerprint density at radius 1 is 1.39 bits per heavy atom. The minimum atomic E-state index is 0.726. The lowest BCUT2D eigenvalue weighted by Gasteiger charge is -2.08. The van der Waals surface area contributed by atoms with Gasteiger partial charge in [0.1, 0.15) is 5.75 Å². The molecule has 0 saturated heterocycles. The highest BCUT2D eigenvalue weighted by molar-refractivity contribution is 9.10. The molecule has 2 rings (SSSR count). The van der Waals surface area contributed by atoms with Crippen molar-refractivity contribution in [2.24, 2.45) is 7.05 Å². The largest absolute Gasteiger partial charge is 0.496 e. The highest BCUT2D eigenvalue weighted by Crippen LogP contribution is 2.36. The SMILES string of the molecule is CNCc1nn(C)c(-c2ccccc2OC)c1Br. The van der Waals surface area contributed by atoms with Crippen LogP contribution >= 0.6 is 15.9 Å². The first-order chi connectivity index (χ1) is 8.69. The van der Waals surface area contributed by atoms with Crippen LogP contribution in [0.2, 0.25) is 0 Å². The molecule has 0 saturated carbocycles. The minimum absolute atomic E-state index is 0.726. The van der Waals surface area contributed by atoms with Gasteiger partial charge in [-0.3, -0.25) is 4.68 Å². The molecule has 1 aromatic heterocycles. The Hall–Kier alpha value is -1.33. The summed E-state index contributed by atoms with van der Waals surface area (Å²) in [5.74, 6) is 0.845. The van der Waals surface area contributed by atoms with Crippen molar-refractivity contribution in [3.8, 4) is 17.0 Å². The fourth-order valence-corrected chi connectivity index (χ4v) is 2.66. The van der Waals surface area contributed by atoms with E-state index >= 15 is 0 Å². The van der Waals surface area contributed by atoms with Gasteiger partial charge in [0.05, 0.1) is 23.0 Å². The zero-order valence-corrected chi connectivity index (χ0v) is 12.3. The number of benzene rings is 1. The van der Waals surface area contributed by atoms with Gasteiger partial charge in [-0.1, -0.05) is 12.1 Å². The Morgan fingerprint density at radius 2 is 2.11 bits per heavy atom. The fourth-order valence-electron chi connectivity index (χ4n) is 1.97. The van der Waals surface area contributed by atoms with Crippen LogP contribution in [0.3, 0.4) is 0 Å². The Balaban J connectivity index is 2.57. The summed E-state index contributed by atoms with van der Waals surface area (Å²) in [6, 6.07) is 7.94. The smallest absolute Gasteiger partial charge is 0.128 e. The molecule has 0 atom stereocenters. The van der Waals surface area contributed by atoms with E-state index in [9.17, 15) is 0 Å². The zero-order chi connectivity index (χ0) is 13.1. The summed E-state index contributed by atoms with van der Waals surface area (Å²) < 4.78 is 8.27. The molecule has 0 aliphatic carbocycles. The van der Waals surface area contributed by atoms with Crippen LogP contribution in [-0.2, 0) is 13.6 Å². The first-order valence-electron chi connectivity index (χ1n) is 5.68. The lowest BCUT2D eigenvalue weighted by atomic mass is 10.1. The predicted octanol–water partition coefficient (Wildman–Crippen LogP) is 2.58. The topological polar surface area (TPSA) is 39.1 Å². The number of aromatic nitrogens is 2. The van der Waals surface area contributed by atoms with Gasteiger partial charge in [0.25, 0.3) is 0 Å². The van der Waals surface area contributed by atoms with Crippen LogP contribution in [0.5, 0.6) is 5.75 Å².